The molecule has 5 heteroatoms. The lowest BCUT2D eigenvalue weighted by molar-refractivity contribution is 0.00578. The molecule has 1 rings (SSSR count). The zero-order valence-corrected chi connectivity index (χ0v) is 14.6. The third kappa shape index (κ3) is 5.32. The molecule has 0 bridgehead atoms. The lowest BCUT2D eigenvalue weighted by Crippen LogP contribution is -2.41. The summed E-state index contributed by atoms with van der Waals surface area (Å²) in [6.07, 6.45) is 4.51. The molecule has 0 spiro atoms. The second kappa shape index (κ2) is 6.02. The van der Waals surface area contributed by atoms with Crippen molar-refractivity contribution in [3.63, 3.8) is 0 Å². The third-order valence-electron chi connectivity index (χ3n) is 3.79. The number of allylic oxidation sites excluding steroid dienone is 1. The van der Waals surface area contributed by atoms with E-state index >= 15 is 0 Å². The summed E-state index contributed by atoms with van der Waals surface area (Å²) < 4.78 is 17.3. The maximum absolute atomic E-state index is 5.90. The Labute approximate surface area is 119 Å². The van der Waals surface area contributed by atoms with Gasteiger partial charge >= 0.3 is 7.12 Å². The molecule has 0 saturated carbocycles. The van der Waals surface area contributed by atoms with Crippen LogP contribution in [0.25, 0.3) is 0 Å². The molecule has 0 amide bonds. The van der Waals surface area contributed by atoms with E-state index in [0.29, 0.717) is 0 Å². The van der Waals surface area contributed by atoms with Crippen molar-refractivity contribution < 1.29 is 14.0 Å². The fraction of sp³-hybridized carbons (Fsp3) is 0.857. The van der Waals surface area contributed by atoms with E-state index in [9.17, 15) is 0 Å². The summed E-state index contributed by atoms with van der Waals surface area (Å²) in [7, 11) is -1.15. The van der Waals surface area contributed by atoms with Gasteiger partial charge in [0.05, 0.1) is 24.1 Å². The Bertz CT molecular complexity index is 305. The molecule has 0 radical (unpaired) electrons. The second-order valence-electron chi connectivity index (χ2n) is 7.47. The first-order chi connectivity index (χ1) is 8.54. The number of hydrogen-bond donors (Lipinski definition) is 0. The molecular weight excluding hydrogens is 255 g/mol. The lowest BCUT2D eigenvalue weighted by atomic mass is 9.85. The molecule has 1 fully saturated rings. The summed E-state index contributed by atoms with van der Waals surface area (Å²) >= 11 is 0. The molecule has 3 nitrogen and oxygen atoms in total. The van der Waals surface area contributed by atoms with Crippen molar-refractivity contribution >= 4 is 15.2 Å². The number of hydrogen-bond acceptors (Lipinski definition) is 3. The normalized spacial score (nSPS) is 22.2. The first-order valence-corrected chi connectivity index (χ1v) is 10.9. The molecule has 0 unspecified atom stereocenters. The summed E-state index contributed by atoms with van der Waals surface area (Å²) in [4.78, 5) is 0. The van der Waals surface area contributed by atoms with Crippen molar-refractivity contribution in [2.24, 2.45) is 0 Å². The van der Waals surface area contributed by atoms with Gasteiger partial charge in [-0.15, -0.1) is 0 Å². The van der Waals surface area contributed by atoms with Gasteiger partial charge in [-0.3, -0.25) is 0 Å². The van der Waals surface area contributed by atoms with Crippen LogP contribution in [0.1, 0.15) is 27.7 Å². The maximum Gasteiger partial charge on any atom is 0.461 e. The Hall–Kier alpha value is -0.258. The summed E-state index contributed by atoms with van der Waals surface area (Å²) in [5, 5.41) is 0. The Morgan fingerprint density at radius 3 is 2.05 bits per heavy atom. The zero-order valence-electron chi connectivity index (χ0n) is 13.6. The van der Waals surface area contributed by atoms with E-state index in [1.165, 1.54) is 6.04 Å². The van der Waals surface area contributed by atoms with Crippen LogP contribution >= 0.6 is 0 Å². The standard InChI is InChI=1S/C14H29BO3Si/c1-13(2)14(3,4)18-15(17-13)9-8-10-16-11-12-19(5,6)7/h8,10H,9,11-12H2,1-7H3/b10-8+. The van der Waals surface area contributed by atoms with Gasteiger partial charge in [0.1, 0.15) is 0 Å². The van der Waals surface area contributed by atoms with E-state index in [-0.39, 0.29) is 18.3 Å². The van der Waals surface area contributed by atoms with Crippen LogP contribution in [-0.2, 0) is 14.0 Å². The maximum atomic E-state index is 5.90. The molecule has 1 heterocycles. The number of ether oxygens (including phenoxy) is 1. The van der Waals surface area contributed by atoms with Gasteiger partial charge in [-0.1, -0.05) is 25.7 Å². The Kier molecular flexibility index (Phi) is 5.32. The smallest absolute Gasteiger partial charge is 0.461 e. The van der Waals surface area contributed by atoms with Gasteiger partial charge in [0.2, 0.25) is 0 Å². The van der Waals surface area contributed by atoms with Crippen LogP contribution in [0.3, 0.4) is 0 Å². The molecule has 0 atom stereocenters. The van der Waals surface area contributed by atoms with Crippen LogP contribution in [0.5, 0.6) is 0 Å². The van der Waals surface area contributed by atoms with E-state index < -0.39 is 8.07 Å². The molecule has 1 aliphatic heterocycles. The molecule has 0 aliphatic carbocycles. The zero-order chi connectivity index (χ0) is 14.7. The highest BCUT2D eigenvalue weighted by molar-refractivity contribution is 6.76. The predicted molar refractivity (Wildman–Crippen MR) is 84.1 cm³/mol. The van der Waals surface area contributed by atoms with Gasteiger partial charge in [0.25, 0.3) is 0 Å². The largest absolute Gasteiger partial charge is 0.502 e. The van der Waals surface area contributed by atoms with Crippen molar-refractivity contribution in [1.82, 2.24) is 0 Å². The van der Waals surface area contributed by atoms with E-state index in [4.69, 9.17) is 14.0 Å². The Morgan fingerprint density at radius 1 is 1.05 bits per heavy atom. The summed E-state index contributed by atoms with van der Waals surface area (Å²) in [6, 6.07) is 1.19. The van der Waals surface area contributed by atoms with Gasteiger partial charge in [-0.2, -0.15) is 0 Å². The van der Waals surface area contributed by atoms with Crippen molar-refractivity contribution in [1.29, 1.82) is 0 Å². The Morgan fingerprint density at radius 2 is 1.58 bits per heavy atom. The highest BCUT2D eigenvalue weighted by Gasteiger charge is 2.50. The average Bonchev–Trinajstić information content (AvgIpc) is 2.39. The molecule has 0 aromatic rings. The fourth-order valence-electron chi connectivity index (χ4n) is 1.73. The molecule has 0 aromatic heterocycles. The van der Waals surface area contributed by atoms with Crippen LogP contribution in [0.4, 0.5) is 0 Å². The van der Waals surface area contributed by atoms with E-state index in [1.54, 1.807) is 6.26 Å². The van der Waals surface area contributed by atoms with Crippen LogP contribution < -0.4 is 0 Å². The minimum Gasteiger partial charge on any atom is -0.502 e. The minimum atomic E-state index is -0.989. The molecular formula is C14H29BO3Si. The van der Waals surface area contributed by atoms with Gasteiger partial charge < -0.3 is 14.0 Å². The lowest BCUT2D eigenvalue weighted by Gasteiger charge is -2.32. The topological polar surface area (TPSA) is 27.7 Å². The van der Waals surface area contributed by atoms with Gasteiger partial charge in [0.15, 0.2) is 0 Å². The first kappa shape index (κ1) is 16.8. The van der Waals surface area contributed by atoms with Crippen LogP contribution in [0, 0.1) is 0 Å². The minimum absolute atomic E-state index is 0.165. The quantitative estimate of drug-likeness (QED) is 0.420. The van der Waals surface area contributed by atoms with Crippen molar-refractivity contribution in [2.75, 3.05) is 6.61 Å². The Balaban J connectivity index is 2.24. The van der Waals surface area contributed by atoms with E-state index in [2.05, 4.69) is 47.3 Å². The van der Waals surface area contributed by atoms with Crippen molar-refractivity contribution in [3.05, 3.63) is 12.3 Å². The second-order valence-corrected chi connectivity index (χ2v) is 13.1. The van der Waals surface area contributed by atoms with Gasteiger partial charge in [0, 0.05) is 14.4 Å². The molecule has 1 saturated heterocycles. The molecule has 19 heavy (non-hydrogen) atoms. The monoisotopic (exact) mass is 284 g/mol. The first-order valence-electron chi connectivity index (χ1n) is 7.16. The van der Waals surface area contributed by atoms with Gasteiger partial charge in [-0.05, 0) is 33.7 Å². The molecule has 0 aromatic carbocycles. The van der Waals surface area contributed by atoms with Crippen molar-refractivity contribution in [2.45, 2.75) is 70.9 Å². The third-order valence-corrected chi connectivity index (χ3v) is 5.50. The SMILES string of the molecule is CC1(C)OB(C/C=C/OCC[Si](C)(C)C)OC1(C)C. The summed E-state index contributed by atoms with van der Waals surface area (Å²) in [5.74, 6) is 0. The molecule has 110 valence electrons. The van der Waals surface area contributed by atoms with Crippen LogP contribution in [-0.4, -0.2) is 33.0 Å². The number of rotatable bonds is 6. The predicted octanol–water partition coefficient (Wildman–Crippen LogP) is 3.95. The highest BCUT2D eigenvalue weighted by atomic mass is 28.3. The summed E-state index contributed by atoms with van der Waals surface area (Å²) in [6.45, 7) is 16.2. The molecule has 1 aliphatic rings. The van der Waals surface area contributed by atoms with Gasteiger partial charge in [-0.25, -0.2) is 0 Å². The van der Waals surface area contributed by atoms with E-state index in [1.807, 2.05) is 6.08 Å². The van der Waals surface area contributed by atoms with E-state index in [0.717, 1.165) is 12.9 Å². The average molecular weight is 284 g/mol. The highest BCUT2D eigenvalue weighted by Crippen LogP contribution is 2.37. The fourth-order valence-corrected chi connectivity index (χ4v) is 2.46. The van der Waals surface area contributed by atoms with Crippen molar-refractivity contribution in [3.8, 4) is 0 Å². The summed E-state index contributed by atoms with van der Waals surface area (Å²) in [5.41, 5.74) is -0.492. The van der Waals surface area contributed by atoms with Crippen LogP contribution in [0.15, 0.2) is 12.3 Å². The van der Waals surface area contributed by atoms with Crippen LogP contribution in [0.2, 0.25) is 32.0 Å². The molecule has 0 N–H and O–H groups in total.